The molecule has 2 aliphatic rings. The molecule has 1 saturated carbocycles. The van der Waals surface area contributed by atoms with Gasteiger partial charge in [0.1, 0.15) is 5.82 Å². The molecule has 3 nitrogen and oxygen atoms in total. The average molecular weight is 485 g/mol. The molecule has 30 heavy (non-hydrogen) atoms. The zero-order chi connectivity index (χ0) is 20.5. The topological polar surface area (TPSA) is 21.1 Å². The minimum Gasteiger partial charge on any atom is -0.320 e. The smallest absolute Gasteiger partial charge is 0.133 e. The molecular weight excluding hydrogens is 458 g/mol. The predicted molar refractivity (Wildman–Crippen MR) is 129 cm³/mol. The number of nitrogens with zero attached hydrogens (tertiary/aromatic N) is 3. The van der Waals surface area contributed by atoms with Gasteiger partial charge in [0, 0.05) is 28.6 Å². The van der Waals surface area contributed by atoms with Crippen molar-refractivity contribution in [3.8, 4) is 0 Å². The van der Waals surface area contributed by atoms with Crippen molar-refractivity contribution in [2.45, 2.75) is 44.7 Å². The fourth-order valence-electron chi connectivity index (χ4n) is 4.98. The van der Waals surface area contributed by atoms with Gasteiger partial charge >= 0.3 is 0 Å². The lowest BCUT2D eigenvalue weighted by Crippen LogP contribution is -2.30. The van der Waals surface area contributed by atoms with Crippen molar-refractivity contribution in [1.29, 1.82) is 0 Å². The Morgan fingerprint density at radius 1 is 1.07 bits per heavy atom. The van der Waals surface area contributed by atoms with Crippen LogP contribution in [0.25, 0.3) is 17.1 Å². The first-order chi connectivity index (χ1) is 14.7. The van der Waals surface area contributed by atoms with Gasteiger partial charge in [-0.2, -0.15) is 0 Å². The number of hydrogen-bond donors (Lipinski definition) is 0. The van der Waals surface area contributed by atoms with Gasteiger partial charge in [0.25, 0.3) is 0 Å². The number of rotatable bonds is 5. The van der Waals surface area contributed by atoms with Crippen LogP contribution in [-0.2, 0) is 6.54 Å². The normalized spacial score (nSPS) is 20.8. The lowest BCUT2D eigenvalue weighted by molar-refractivity contribution is 0.242. The van der Waals surface area contributed by atoms with Gasteiger partial charge in [-0.05, 0) is 73.7 Å². The lowest BCUT2D eigenvalue weighted by Gasteiger charge is -2.22. The van der Waals surface area contributed by atoms with E-state index in [9.17, 15) is 0 Å². The van der Waals surface area contributed by atoms with Crippen molar-refractivity contribution in [3.05, 3.63) is 69.4 Å². The molecule has 3 aromatic rings. The highest BCUT2D eigenvalue weighted by molar-refractivity contribution is 9.10. The number of aromatic nitrogens is 2. The van der Waals surface area contributed by atoms with E-state index >= 15 is 0 Å². The van der Waals surface area contributed by atoms with Gasteiger partial charge in [-0.15, -0.1) is 0 Å². The second-order valence-electron chi connectivity index (χ2n) is 8.66. The van der Waals surface area contributed by atoms with Crippen LogP contribution in [0, 0.1) is 5.92 Å². The van der Waals surface area contributed by atoms with Crippen molar-refractivity contribution >= 4 is 44.6 Å². The monoisotopic (exact) mass is 483 g/mol. The van der Waals surface area contributed by atoms with E-state index in [4.69, 9.17) is 16.6 Å². The van der Waals surface area contributed by atoms with E-state index in [-0.39, 0.29) is 0 Å². The van der Waals surface area contributed by atoms with E-state index in [1.54, 1.807) is 0 Å². The highest BCUT2D eigenvalue weighted by Gasteiger charge is 2.28. The summed E-state index contributed by atoms with van der Waals surface area (Å²) in [6.07, 6.45) is 11.5. The van der Waals surface area contributed by atoms with Crippen LogP contribution in [-0.4, -0.2) is 33.6 Å². The first kappa shape index (κ1) is 20.3. The largest absolute Gasteiger partial charge is 0.320 e. The third-order valence-electron chi connectivity index (χ3n) is 6.61. The maximum atomic E-state index is 6.08. The molecule has 1 atom stereocenters. The third kappa shape index (κ3) is 4.37. The second kappa shape index (κ2) is 8.86. The molecule has 0 radical (unpaired) electrons. The number of halogens is 2. The van der Waals surface area contributed by atoms with Crippen molar-refractivity contribution in [2.75, 3.05) is 13.1 Å². The molecule has 1 aliphatic heterocycles. The quantitative estimate of drug-likeness (QED) is 0.398. The van der Waals surface area contributed by atoms with Gasteiger partial charge in [-0.25, -0.2) is 4.98 Å². The van der Waals surface area contributed by atoms with Crippen LogP contribution in [0.4, 0.5) is 0 Å². The summed E-state index contributed by atoms with van der Waals surface area (Å²) in [5, 5.41) is 0.770. The molecule has 5 heteroatoms. The minimum atomic E-state index is 0.626. The van der Waals surface area contributed by atoms with Gasteiger partial charge in [0.05, 0.1) is 11.0 Å². The molecule has 1 aliphatic carbocycles. The van der Waals surface area contributed by atoms with E-state index in [0.717, 1.165) is 38.9 Å². The molecule has 2 aromatic carbocycles. The van der Waals surface area contributed by atoms with E-state index < -0.39 is 0 Å². The summed E-state index contributed by atoms with van der Waals surface area (Å²) < 4.78 is 3.37. The molecule has 0 bridgehead atoms. The first-order valence-corrected chi connectivity index (χ1v) is 12.2. The number of fused-ring (bicyclic) bond motifs is 1. The number of imidazole rings is 1. The molecule has 1 aromatic heterocycles. The summed E-state index contributed by atoms with van der Waals surface area (Å²) >= 11 is 9.66. The summed E-state index contributed by atoms with van der Waals surface area (Å²) in [4.78, 5) is 7.67. The second-order valence-corrected chi connectivity index (χ2v) is 10.0. The molecule has 0 spiro atoms. The predicted octanol–water partition coefficient (Wildman–Crippen LogP) is 6.78. The van der Waals surface area contributed by atoms with Crippen LogP contribution in [0.5, 0.6) is 0 Å². The van der Waals surface area contributed by atoms with Gasteiger partial charge in [0.2, 0.25) is 0 Å². The van der Waals surface area contributed by atoms with Crippen LogP contribution >= 0.6 is 27.5 Å². The standard InChI is InChI=1S/C25H27BrClN3/c26-20-8-11-24-23(15-20)28-25(30(24)17-18-5-9-21(27)10-6-18)12-7-19-13-14-29(16-19)22-3-1-2-4-22/h5-12,15,19,22H,1-4,13-14,16-17H2/b12-7-. The Balaban J connectivity index is 1.40. The molecule has 1 unspecified atom stereocenters. The van der Waals surface area contributed by atoms with Crippen molar-refractivity contribution < 1.29 is 0 Å². The number of benzene rings is 2. The summed E-state index contributed by atoms with van der Waals surface area (Å²) in [6, 6.07) is 15.3. The zero-order valence-corrected chi connectivity index (χ0v) is 19.4. The molecule has 156 valence electrons. The van der Waals surface area contributed by atoms with Gasteiger partial charge in [-0.3, -0.25) is 4.90 Å². The van der Waals surface area contributed by atoms with Gasteiger partial charge in [0.15, 0.2) is 0 Å². The summed E-state index contributed by atoms with van der Waals surface area (Å²) in [5.41, 5.74) is 3.41. The van der Waals surface area contributed by atoms with Crippen LogP contribution in [0.2, 0.25) is 5.02 Å². The zero-order valence-electron chi connectivity index (χ0n) is 17.1. The van der Waals surface area contributed by atoms with Crippen molar-refractivity contribution in [2.24, 2.45) is 5.92 Å². The van der Waals surface area contributed by atoms with Crippen LogP contribution in [0.1, 0.15) is 43.5 Å². The minimum absolute atomic E-state index is 0.626. The van der Waals surface area contributed by atoms with Gasteiger partial charge in [-0.1, -0.05) is 58.6 Å². The maximum Gasteiger partial charge on any atom is 0.133 e. The molecular formula is C25H27BrClN3. The van der Waals surface area contributed by atoms with Crippen LogP contribution in [0.15, 0.2) is 53.0 Å². The van der Waals surface area contributed by atoms with Crippen molar-refractivity contribution in [3.63, 3.8) is 0 Å². The van der Waals surface area contributed by atoms with Crippen LogP contribution < -0.4 is 0 Å². The SMILES string of the molecule is Clc1ccc(Cn2c(/C=C\C3CCN(C4CCCC4)C3)nc3cc(Br)ccc32)cc1. The first-order valence-electron chi connectivity index (χ1n) is 11.0. The highest BCUT2D eigenvalue weighted by atomic mass is 79.9. The number of likely N-dealkylation sites (tertiary alicyclic amines) is 1. The fraction of sp³-hybridized carbons (Fsp3) is 0.400. The van der Waals surface area contributed by atoms with Crippen LogP contribution in [0.3, 0.4) is 0 Å². The highest BCUT2D eigenvalue weighted by Crippen LogP contribution is 2.30. The third-order valence-corrected chi connectivity index (χ3v) is 7.35. The Kier molecular flexibility index (Phi) is 5.99. The molecule has 0 amide bonds. The average Bonchev–Trinajstić information content (AvgIpc) is 3.48. The number of hydrogen-bond acceptors (Lipinski definition) is 2. The lowest BCUT2D eigenvalue weighted by atomic mass is 10.1. The molecule has 2 fully saturated rings. The Labute approximate surface area is 191 Å². The maximum absolute atomic E-state index is 6.08. The Hall–Kier alpha value is -1.62. The summed E-state index contributed by atoms with van der Waals surface area (Å²) in [7, 11) is 0. The van der Waals surface area contributed by atoms with E-state index in [2.05, 4.69) is 67.9 Å². The van der Waals surface area contributed by atoms with E-state index in [1.807, 2.05) is 12.1 Å². The molecule has 0 N–H and O–H groups in total. The van der Waals surface area contributed by atoms with Crippen molar-refractivity contribution in [1.82, 2.24) is 14.5 Å². The summed E-state index contributed by atoms with van der Waals surface area (Å²) in [5.74, 6) is 1.65. The Bertz CT molecular complexity index is 1050. The molecule has 2 heterocycles. The summed E-state index contributed by atoms with van der Waals surface area (Å²) in [6.45, 7) is 3.23. The molecule has 1 saturated heterocycles. The molecule has 5 rings (SSSR count). The Morgan fingerprint density at radius 3 is 2.67 bits per heavy atom. The fourth-order valence-corrected chi connectivity index (χ4v) is 5.46. The van der Waals surface area contributed by atoms with E-state index in [1.165, 1.54) is 50.8 Å². The van der Waals surface area contributed by atoms with E-state index in [0.29, 0.717) is 5.92 Å². The van der Waals surface area contributed by atoms with Gasteiger partial charge < -0.3 is 4.57 Å². The Morgan fingerprint density at radius 2 is 1.87 bits per heavy atom.